The summed E-state index contributed by atoms with van der Waals surface area (Å²) in [6, 6.07) is 11.9. The van der Waals surface area contributed by atoms with Gasteiger partial charge >= 0.3 is 6.03 Å². The number of carbonyl (C=O) groups is 1. The molecule has 1 aromatic carbocycles. The number of nitrogens with one attached hydrogen (secondary N) is 1. The van der Waals surface area contributed by atoms with E-state index < -0.39 is 0 Å². The summed E-state index contributed by atoms with van der Waals surface area (Å²) in [5.41, 5.74) is 3.08. The number of hydrogen-bond acceptors (Lipinski definition) is 4. The van der Waals surface area contributed by atoms with Crippen molar-refractivity contribution >= 4 is 23.2 Å². The number of rotatable bonds is 3. The molecule has 2 heterocycles. The Morgan fingerprint density at radius 2 is 1.72 bits per heavy atom. The van der Waals surface area contributed by atoms with Crippen LogP contribution in [-0.4, -0.2) is 56.2 Å². The third kappa shape index (κ3) is 4.21. The highest BCUT2D eigenvalue weighted by Crippen LogP contribution is 2.17. The molecule has 2 aromatic rings. The highest BCUT2D eigenvalue weighted by molar-refractivity contribution is 5.89. The van der Waals surface area contributed by atoms with Gasteiger partial charge in [-0.3, -0.25) is 0 Å². The van der Waals surface area contributed by atoms with Gasteiger partial charge in [0.15, 0.2) is 0 Å². The van der Waals surface area contributed by atoms with Gasteiger partial charge < -0.3 is 20.0 Å². The molecule has 1 fully saturated rings. The zero-order chi connectivity index (χ0) is 17.8. The molecule has 0 saturated carbocycles. The minimum Gasteiger partial charge on any atom is -0.378 e. The average Bonchev–Trinajstić information content (AvgIpc) is 2.63. The predicted molar refractivity (Wildman–Crippen MR) is 103 cm³/mol. The standard InChI is InChI=1S/C19H25N5O/c1-15-4-9-18(20-14-15)23-10-12-24(13-11-23)19(25)21-16-5-7-17(8-6-16)22(2)3/h4-9,14H,10-13H2,1-3H3,(H,21,25). The molecule has 0 aliphatic carbocycles. The summed E-state index contributed by atoms with van der Waals surface area (Å²) >= 11 is 0. The van der Waals surface area contributed by atoms with Gasteiger partial charge in [-0.2, -0.15) is 0 Å². The van der Waals surface area contributed by atoms with Gasteiger partial charge in [-0.25, -0.2) is 9.78 Å². The van der Waals surface area contributed by atoms with Crippen LogP contribution in [0.15, 0.2) is 42.6 Å². The first-order valence-corrected chi connectivity index (χ1v) is 8.54. The highest BCUT2D eigenvalue weighted by atomic mass is 16.2. The zero-order valence-corrected chi connectivity index (χ0v) is 15.1. The number of piperazine rings is 1. The molecule has 2 amide bonds. The third-order valence-electron chi connectivity index (χ3n) is 4.42. The lowest BCUT2D eigenvalue weighted by Gasteiger charge is -2.35. The lowest BCUT2D eigenvalue weighted by atomic mass is 10.2. The number of anilines is 3. The lowest BCUT2D eigenvalue weighted by molar-refractivity contribution is 0.208. The summed E-state index contributed by atoms with van der Waals surface area (Å²) < 4.78 is 0. The first-order chi connectivity index (χ1) is 12.0. The summed E-state index contributed by atoms with van der Waals surface area (Å²) in [5, 5.41) is 2.97. The van der Waals surface area contributed by atoms with Crippen LogP contribution < -0.4 is 15.1 Å². The van der Waals surface area contributed by atoms with E-state index in [0.29, 0.717) is 13.1 Å². The Morgan fingerprint density at radius 3 is 2.28 bits per heavy atom. The van der Waals surface area contributed by atoms with Crippen LogP contribution in [0.25, 0.3) is 0 Å². The third-order valence-corrected chi connectivity index (χ3v) is 4.42. The van der Waals surface area contributed by atoms with Crippen LogP contribution >= 0.6 is 0 Å². The average molecular weight is 339 g/mol. The van der Waals surface area contributed by atoms with Crippen molar-refractivity contribution in [2.45, 2.75) is 6.92 Å². The molecule has 132 valence electrons. The maximum Gasteiger partial charge on any atom is 0.321 e. The summed E-state index contributed by atoms with van der Waals surface area (Å²) in [6.45, 7) is 5.00. The van der Waals surface area contributed by atoms with Crippen LogP contribution in [0.2, 0.25) is 0 Å². The Kier molecular flexibility index (Phi) is 5.07. The largest absolute Gasteiger partial charge is 0.378 e. The van der Waals surface area contributed by atoms with Crippen LogP contribution in [0.5, 0.6) is 0 Å². The second kappa shape index (κ2) is 7.42. The number of amides is 2. The molecule has 0 spiro atoms. The number of pyridine rings is 1. The van der Waals surface area contributed by atoms with Crippen molar-refractivity contribution in [1.29, 1.82) is 0 Å². The van der Waals surface area contributed by atoms with Crippen molar-refractivity contribution in [3.05, 3.63) is 48.2 Å². The van der Waals surface area contributed by atoms with E-state index >= 15 is 0 Å². The van der Waals surface area contributed by atoms with E-state index in [4.69, 9.17) is 0 Å². The fraction of sp³-hybridized carbons (Fsp3) is 0.368. The Labute approximate surface area is 149 Å². The van der Waals surface area contributed by atoms with Gasteiger partial charge in [0, 0.05) is 57.8 Å². The van der Waals surface area contributed by atoms with E-state index in [2.05, 4.69) is 21.3 Å². The number of urea groups is 1. The Balaban J connectivity index is 1.53. The minimum absolute atomic E-state index is 0.0471. The number of hydrogen-bond donors (Lipinski definition) is 1. The SMILES string of the molecule is Cc1ccc(N2CCN(C(=O)Nc3ccc(N(C)C)cc3)CC2)nc1. The molecule has 1 aromatic heterocycles. The van der Waals surface area contributed by atoms with E-state index in [-0.39, 0.29) is 6.03 Å². The van der Waals surface area contributed by atoms with E-state index in [1.54, 1.807) is 0 Å². The minimum atomic E-state index is -0.0471. The van der Waals surface area contributed by atoms with Crippen LogP contribution in [0.4, 0.5) is 22.0 Å². The van der Waals surface area contributed by atoms with Crippen molar-refractivity contribution in [3.8, 4) is 0 Å². The molecule has 1 N–H and O–H groups in total. The van der Waals surface area contributed by atoms with Crippen LogP contribution in [0.1, 0.15) is 5.56 Å². The number of aromatic nitrogens is 1. The molecule has 25 heavy (non-hydrogen) atoms. The fourth-order valence-corrected chi connectivity index (χ4v) is 2.83. The van der Waals surface area contributed by atoms with Crippen molar-refractivity contribution in [2.24, 2.45) is 0 Å². The smallest absolute Gasteiger partial charge is 0.321 e. The maximum atomic E-state index is 12.4. The number of benzene rings is 1. The molecular weight excluding hydrogens is 314 g/mol. The Hall–Kier alpha value is -2.76. The van der Waals surface area contributed by atoms with Gasteiger partial charge in [0.25, 0.3) is 0 Å². The first kappa shape index (κ1) is 17.1. The molecule has 1 saturated heterocycles. The van der Waals surface area contributed by atoms with Gasteiger partial charge in [-0.15, -0.1) is 0 Å². The lowest BCUT2D eigenvalue weighted by Crippen LogP contribution is -2.50. The topological polar surface area (TPSA) is 51.7 Å². The molecule has 0 bridgehead atoms. The Morgan fingerprint density at radius 1 is 1.04 bits per heavy atom. The maximum absolute atomic E-state index is 12.4. The van der Waals surface area contributed by atoms with Gasteiger partial charge in [0.2, 0.25) is 0 Å². The summed E-state index contributed by atoms with van der Waals surface area (Å²) in [7, 11) is 3.99. The predicted octanol–water partition coefficient (Wildman–Crippen LogP) is 2.81. The quantitative estimate of drug-likeness (QED) is 0.934. The van der Waals surface area contributed by atoms with Crippen LogP contribution in [0.3, 0.4) is 0 Å². The first-order valence-electron chi connectivity index (χ1n) is 8.54. The zero-order valence-electron chi connectivity index (χ0n) is 15.1. The summed E-state index contributed by atoms with van der Waals surface area (Å²) in [6.07, 6.45) is 1.88. The fourth-order valence-electron chi connectivity index (χ4n) is 2.83. The number of carbonyl (C=O) groups excluding carboxylic acids is 1. The van der Waals surface area contributed by atoms with Crippen molar-refractivity contribution < 1.29 is 4.79 Å². The molecule has 3 rings (SSSR count). The van der Waals surface area contributed by atoms with Crippen molar-refractivity contribution in [3.63, 3.8) is 0 Å². The monoisotopic (exact) mass is 339 g/mol. The number of aryl methyl sites for hydroxylation is 1. The normalized spacial score (nSPS) is 14.4. The molecule has 1 aliphatic heterocycles. The highest BCUT2D eigenvalue weighted by Gasteiger charge is 2.21. The second-order valence-electron chi connectivity index (χ2n) is 6.54. The molecule has 0 atom stereocenters. The van der Waals surface area contributed by atoms with Crippen molar-refractivity contribution in [1.82, 2.24) is 9.88 Å². The second-order valence-corrected chi connectivity index (χ2v) is 6.54. The summed E-state index contributed by atoms with van der Waals surface area (Å²) in [5.74, 6) is 0.977. The molecule has 0 unspecified atom stereocenters. The van der Waals surface area contributed by atoms with Crippen molar-refractivity contribution in [2.75, 3.05) is 55.4 Å². The molecule has 0 radical (unpaired) electrons. The van der Waals surface area contributed by atoms with E-state index in [1.807, 2.05) is 67.3 Å². The number of nitrogens with zero attached hydrogens (tertiary/aromatic N) is 4. The van der Waals surface area contributed by atoms with Crippen LogP contribution in [-0.2, 0) is 0 Å². The van der Waals surface area contributed by atoms with Gasteiger partial charge in [-0.05, 0) is 42.8 Å². The van der Waals surface area contributed by atoms with E-state index in [0.717, 1.165) is 35.8 Å². The molecule has 1 aliphatic rings. The van der Waals surface area contributed by atoms with Crippen LogP contribution in [0, 0.1) is 6.92 Å². The molecule has 6 nitrogen and oxygen atoms in total. The van der Waals surface area contributed by atoms with Gasteiger partial charge in [0.05, 0.1) is 0 Å². The van der Waals surface area contributed by atoms with Gasteiger partial charge in [-0.1, -0.05) is 6.07 Å². The molecule has 6 heteroatoms. The van der Waals surface area contributed by atoms with Gasteiger partial charge in [0.1, 0.15) is 5.82 Å². The van der Waals surface area contributed by atoms with E-state index in [9.17, 15) is 4.79 Å². The molecular formula is C19H25N5O. The van der Waals surface area contributed by atoms with E-state index in [1.165, 1.54) is 0 Å². The Bertz CT molecular complexity index is 704. The summed E-state index contributed by atoms with van der Waals surface area (Å²) in [4.78, 5) is 23.0.